The Kier molecular flexibility index (Phi) is 4.70. The highest BCUT2D eigenvalue weighted by Gasteiger charge is 2.25. The van der Waals surface area contributed by atoms with Gasteiger partial charge in [-0.2, -0.15) is 5.26 Å². The van der Waals surface area contributed by atoms with Gasteiger partial charge in [-0.1, -0.05) is 46.4 Å². The van der Waals surface area contributed by atoms with Crippen LogP contribution >= 0.6 is 46.4 Å². The average Bonchev–Trinajstić information content (AvgIpc) is 2.30. The summed E-state index contributed by atoms with van der Waals surface area (Å²) in [5, 5.41) is 7.97. The van der Waals surface area contributed by atoms with Crippen LogP contribution < -0.4 is 0 Å². The normalized spacial score (nSPS) is 12.9. The molecule has 0 saturated carbocycles. The molecule has 3 nitrogen and oxygen atoms in total. The molecule has 1 rings (SSSR count). The first-order valence-corrected chi connectivity index (χ1v) is 6.95. The van der Waals surface area contributed by atoms with Crippen LogP contribution in [0.4, 0.5) is 0 Å². The standard InChI is InChI=1S/C9H3Cl4NO2S/c10-5-1-2-6(11)8(3-5)17(15,16)9(13)7(12)4-14/h1-3H. The number of nitrogens with zero attached hydrogens (tertiary/aromatic N) is 1. The Balaban J connectivity index is 3.54. The quantitative estimate of drug-likeness (QED) is 0.772. The Hall–Kier alpha value is -0.440. The van der Waals surface area contributed by atoms with Gasteiger partial charge in [-0.15, -0.1) is 0 Å². The number of halogens is 4. The monoisotopic (exact) mass is 329 g/mol. The molecule has 0 bridgehead atoms. The summed E-state index contributed by atoms with van der Waals surface area (Å²) < 4.78 is 23.1. The fourth-order valence-electron chi connectivity index (χ4n) is 0.942. The molecule has 8 heteroatoms. The van der Waals surface area contributed by atoms with Crippen molar-refractivity contribution < 1.29 is 8.42 Å². The third-order valence-corrected chi connectivity index (χ3v) is 5.24. The minimum Gasteiger partial charge on any atom is -0.217 e. The van der Waals surface area contributed by atoms with Gasteiger partial charge in [0.1, 0.15) is 11.1 Å². The number of hydrogen-bond acceptors (Lipinski definition) is 3. The predicted octanol–water partition coefficient (Wildman–Crippen LogP) is 3.94. The van der Waals surface area contributed by atoms with Crippen molar-refractivity contribution in [3.63, 3.8) is 0 Å². The molecule has 0 N–H and O–H groups in total. The number of hydrogen-bond donors (Lipinski definition) is 0. The Morgan fingerprint density at radius 3 is 2.35 bits per heavy atom. The van der Waals surface area contributed by atoms with E-state index in [1.54, 1.807) is 0 Å². The Bertz CT molecular complexity index is 631. The van der Waals surface area contributed by atoms with Crippen molar-refractivity contribution in [2.24, 2.45) is 0 Å². The Morgan fingerprint density at radius 1 is 1.24 bits per heavy atom. The number of benzene rings is 1. The van der Waals surface area contributed by atoms with Crippen LogP contribution in [0.25, 0.3) is 0 Å². The second-order valence-electron chi connectivity index (χ2n) is 2.78. The number of rotatable bonds is 2. The number of allylic oxidation sites excluding steroid dienone is 1. The topological polar surface area (TPSA) is 57.9 Å². The van der Waals surface area contributed by atoms with Crippen molar-refractivity contribution in [3.05, 3.63) is 37.6 Å². The van der Waals surface area contributed by atoms with Crippen LogP contribution in [0.15, 0.2) is 32.5 Å². The molecule has 0 radical (unpaired) electrons. The molecule has 1 aromatic carbocycles. The van der Waals surface area contributed by atoms with Crippen LogP contribution in [-0.4, -0.2) is 8.42 Å². The van der Waals surface area contributed by atoms with E-state index in [-0.39, 0.29) is 14.9 Å². The lowest BCUT2D eigenvalue weighted by Gasteiger charge is -2.05. The van der Waals surface area contributed by atoms with E-state index in [9.17, 15) is 8.42 Å². The summed E-state index contributed by atoms with van der Waals surface area (Å²) in [6.45, 7) is 0. The summed E-state index contributed by atoms with van der Waals surface area (Å²) in [5.41, 5.74) is 0. The van der Waals surface area contributed by atoms with Gasteiger partial charge >= 0.3 is 0 Å². The van der Waals surface area contributed by atoms with E-state index in [1.807, 2.05) is 0 Å². The molecule has 0 amide bonds. The van der Waals surface area contributed by atoms with E-state index in [0.29, 0.717) is 0 Å². The van der Waals surface area contributed by atoms with Gasteiger partial charge in [0.2, 0.25) is 9.84 Å². The van der Waals surface area contributed by atoms with Crippen LogP contribution in [0.2, 0.25) is 10.0 Å². The second-order valence-corrected chi connectivity index (χ2v) is 6.46. The minimum absolute atomic E-state index is 0.0602. The molecule has 0 aliphatic rings. The van der Waals surface area contributed by atoms with Crippen molar-refractivity contribution in [1.29, 1.82) is 5.26 Å². The van der Waals surface area contributed by atoms with E-state index in [0.717, 1.165) is 6.07 Å². The lowest BCUT2D eigenvalue weighted by Crippen LogP contribution is -2.03. The maximum atomic E-state index is 11.9. The maximum Gasteiger partial charge on any atom is 0.221 e. The van der Waals surface area contributed by atoms with Crippen molar-refractivity contribution in [3.8, 4) is 6.07 Å². The van der Waals surface area contributed by atoms with Gasteiger partial charge < -0.3 is 0 Å². The van der Waals surface area contributed by atoms with E-state index in [2.05, 4.69) is 0 Å². The fourth-order valence-corrected chi connectivity index (χ4v) is 3.28. The number of sulfone groups is 1. The summed E-state index contributed by atoms with van der Waals surface area (Å²) in [4.78, 5) is -0.301. The summed E-state index contributed by atoms with van der Waals surface area (Å²) in [5.74, 6) is 0. The zero-order chi connectivity index (χ0) is 13.2. The molecule has 90 valence electrons. The first-order chi connectivity index (χ1) is 7.80. The molecule has 0 atom stereocenters. The predicted molar refractivity (Wildman–Crippen MR) is 68.0 cm³/mol. The molecule has 0 aromatic heterocycles. The van der Waals surface area contributed by atoms with Gasteiger partial charge in [0, 0.05) is 5.02 Å². The van der Waals surface area contributed by atoms with Crippen molar-refractivity contribution in [2.45, 2.75) is 4.90 Å². The van der Waals surface area contributed by atoms with Gasteiger partial charge in [-0.3, -0.25) is 0 Å². The molecular weight excluding hydrogens is 328 g/mol. The van der Waals surface area contributed by atoms with E-state index in [4.69, 9.17) is 51.7 Å². The zero-order valence-electron chi connectivity index (χ0n) is 7.92. The van der Waals surface area contributed by atoms with Crippen LogP contribution in [0.5, 0.6) is 0 Å². The molecule has 17 heavy (non-hydrogen) atoms. The van der Waals surface area contributed by atoms with E-state index < -0.39 is 19.2 Å². The van der Waals surface area contributed by atoms with Gasteiger partial charge in [0.15, 0.2) is 4.36 Å². The molecule has 0 fully saturated rings. The van der Waals surface area contributed by atoms with Crippen molar-refractivity contribution in [2.75, 3.05) is 0 Å². The highest BCUT2D eigenvalue weighted by Crippen LogP contribution is 2.32. The van der Waals surface area contributed by atoms with Gasteiger partial charge in [-0.25, -0.2) is 8.42 Å². The van der Waals surface area contributed by atoms with Crippen LogP contribution in [0, 0.1) is 11.3 Å². The molecule has 0 saturated heterocycles. The first-order valence-electron chi connectivity index (χ1n) is 3.96. The van der Waals surface area contributed by atoms with E-state index >= 15 is 0 Å². The minimum atomic E-state index is -4.13. The van der Waals surface area contributed by atoms with Crippen molar-refractivity contribution >= 4 is 56.2 Å². The Labute approximate surface area is 118 Å². The lowest BCUT2D eigenvalue weighted by atomic mass is 10.4. The highest BCUT2D eigenvalue weighted by atomic mass is 35.5. The number of nitriles is 1. The summed E-state index contributed by atoms with van der Waals surface area (Å²) in [7, 11) is -4.13. The smallest absolute Gasteiger partial charge is 0.217 e. The van der Waals surface area contributed by atoms with Gasteiger partial charge in [0.25, 0.3) is 0 Å². The summed E-state index contributed by atoms with van der Waals surface area (Å²) in [6.07, 6.45) is 0. The van der Waals surface area contributed by atoms with Gasteiger partial charge in [-0.05, 0) is 18.2 Å². The SMILES string of the molecule is N#CC(Cl)=C(Cl)S(=O)(=O)c1cc(Cl)ccc1Cl. The van der Waals surface area contributed by atoms with Crippen LogP contribution in [0.3, 0.4) is 0 Å². The average molecular weight is 331 g/mol. The summed E-state index contributed by atoms with van der Waals surface area (Å²) in [6, 6.07) is 5.29. The second kappa shape index (κ2) is 5.47. The lowest BCUT2D eigenvalue weighted by molar-refractivity contribution is 0.604. The first kappa shape index (κ1) is 14.6. The van der Waals surface area contributed by atoms with Gasteiger partial charge in [0.05, 0.1) is 9.92 Å². The summed E-state index contributed by atoms with van der Waals surface area (Å²) >= 11 is 22.3. The molecule has 0 spiro atoms. The molecule has 0 heterocycles. The molecular formula is C9H3Cl4NO2S. The zero-order valence-corrected chi connectivity index (χ0v) is 11.8. The molecule has 1 aromatic rings. The third kappa shape index (κ3) is 3.06. The highest BCUT2D eigenvalue weighted by molar-refractivity contribution is 7.97. The molecule has 0 aliphatic heterocycles. The third-order valence-electron chi connectivity index (χ3n) is 1.69. The van der Waals surface area contributed by atoms with Crippen LogP contribution in [0.1, 0.15) is 0 Å². The molecule has 0 unspecified atom stereocenters. The Morgan fingerprint density at radius 2 is 1.82 bits per heavy atom. The van der Waals surface area contributed by atoms with Crippen molar-refractivity contribution in [1.82, 2.24) is 0 Å². The van der Waals surface area contributed by atoms with Crippen LogP contribution in [-0.2, 0) is 9.84 Å². The molecule has 0 aliphatic carbocycles. The largest absolute Gasteiger partial charge is 0.221 e. The maximum absolute atomic E-state index is 11.9. The fraction of sp³-hybridized carbons (Fsp3) is 0. The van der Waals surface area contributed by atoms with E-state index in [1.165, 1.54) is 18.2 Å².